The lowest BCUT2D eigenvalue weighted by atomic mass is 10.1. The number of hydrogen-bond acceptors (Lipinski definition) is 9. The van der Waals surface area contributed by atoms with Crippen LogP contribution in [0, 0.1) is 0 Å². The maximum absolute atomic E-state index is 12.7. The topological polar surface area (TPSA) is 136 Å². The normalized spacial score (nSPS) is 19.4. The number of ether oxygens (including phenoxy) is 1. The van der Waals surface area contributed by atoms with Gasteiger partial charge in [-0.15, -0.1) is 0 Å². The predicted octanol–water partition coefficient (Wildman–Crippen LogP) is 2.00. The van der Waals surface area contributed by atoms with Gasteiger partial charge in [-0.2, -0.15) is 4.98 Å². The molecule has 5 rings (SSSR count). The lowest BCUT2D eigenvalue weighted by Gasteiger charge is -2.29. The number of amides is 1. The Morgan fingerprint density at radius 2 is 2.06 bits per heavy atom. The van der Waals surface area contributed by atoms with Gasteiger partial charge in [-0.3, -0.25) is 4.21 Å². The molecule has 3 N–H and O–H groups in total. The minimum atomic E-state index is -1.17. The van der Waals surface area contributed by atoms with Crippen molar-refractivity contribution < 1.29 is 13.7 Å². The van der Waals surface area contributed by atoms with E-state index in [2.05, 4.69) is 21.3 Å². The van der Waals surface area contributed by atoms with Crippen LogP contribution in [0.5, 0.6) is 0 Å². The number of carbonyl (C=O) groups excluding carboxylic acids is 1. The molecule has 1 unspecified atom stereocenters. The van der Waals surface area contributed by atoms with E-state index in [9.17, 15) is 9.00 Å². The quantitative estimate of drug-likeness (QED) is 0.632. The van der Waals surface area contributed by atoms with Crippen molar-refractivity contribution in [3.8, 4) is 0 Å². The van der Waals surface area contributed by atoms with E-state index in [-0.39, 0.29) is 6.61 Å². The van der Waals surface area contributed by atoms with Gasteiger partial charge in [0.05, 0.1) is 22.0 Å². The summed E-state index contributed by atoms with van der Waals surface area (Å²) >= 11 is 0. The Balaban J connectivity index is 1.38. The molecule has 34 heavy (non-hydrogen) atoms. The first kappa shape index (κ1) is 22.7. The van der Waals surface area contributed by atoms with Crippen molar-refractivity contribution >= 4 is 34.2 Å². The van der Waals surface area contributed by atoms with Crippen LogP contribution in [0.4, 0.5) is 16.6 Å². The number of nitrogens with two attached hydrogens (primary N) is 1. The number of nitrogens with zero attached hydrogens (tertiary/aromatic N) is 5. The van der Waals surface area contributed by atoms with Crippen LogP contribution in [0.3, 0.4) is 0 Å². The molecule has 2 aromatic heterocycles. The number of carbonyl (C=O) groups is 1. The molecule has 1 amide bonds. The van der Waals surface area contributed by atoms with Gasteiger partial charge >= 0.3 is 6.09 Å². The summed E-state index contributed by atoms with van der Waals surface area (Å²) in [6.07, 6.45) is 7.98. The third kappa shape index (κ3) is 4.61. The molecule has 1 atom stereocenters. The highest BCUT2D eigenvalue weighted by Gasteiger charge is 2.31. The van der Waals surface area contributed by atoms with Crippen molar-refractivity contribution in [3.63, 3.8) is 0 Å². The zero-order valence-corrected chi connectivity index (χ0v) is 20.3. The lowest BCUT2D eigenvalue weighted by molar-refractivity contribution is 0.138. The number of hydrogen-bond donors (Lipinski definition) is 2. The smallest absolute Gasteiger partial charge is 0.404 e. The Hall–Kier alpha value is -3.08. The summed E-state index contributed by atoms with van der Waals surface area (Å²) in [5, 5.41) is 3.30. The summed E-state index contributed by atoms with van der Waals surface area (Å²) in [5.41, 5.74) is 8.88. The Bertz CT molecular complexity index is 1200. The number of rotatable bonds is 6. The predicted molar refractivity (Wildman–Crippen MR) is 129 cm³/mol. The van der Waals surface area contributed by atoms with E-state index in [4.69, 9.17) is 25.4 Å². The molecule has 0 aromatic carbocycles. The number of aryl methyl sites for hydroxylation is 3. The van der Waals surface area contributed by atoms with E-state index >= 15 is 0 Å². The van der Waals surface area contributed by atoms with Crippen LogP contribution in [0.25, 0.3) is 5.57 Å². The maximum Gasteiger partial charge on any atom is 0.404 e. The Morgan fingerprint density at radius 3 is 2.82 bits per heavy atom. The first-order valence-electron chi connectivity index (χ1n) is 11.6. The van der Waals surface area contributed by atoms with Crippen molar-refractivity contribution in [1.82, 2.24) is 19.9 Å². The van der Waals surface area contributed by atoms with Gasteiger partial charge in [0, 0.05) is 37.2 Å². The first-order chi connectivity index (χ1) is 16.3. The fourth-order valence-electron chi connectivity index (χ4n) is 4.54. The number of primary amides is 1. The Labute approximate surface area is 200 Å². The van der Waals surface area contributed by atoms with E-state index in [1.54, 1.807) is 0 Å². The molecule has 11 heteroatoms. The summed E-state index contributed by atoms with van der Waals surface area (Å²) in [6, 6.07) is 0. The molecule has 4 heterocycles. The summed E-state index contributed by atoms with van der Waals surface area (Å²) in [5.74, 6) is 2.46. The van der Waals surface area contributed by atoms with E-state index < -0.39 is 22.4 Å². The average Bonchev–Trinajstić information content (AvgIpc) is 3.44. The Kier molecular flexibility index (Phi) is 5.97. The highest BCUT2D eigenvalue weighted by Crippen LogP contribution is 2.33. The minimum Gasteiger partial charge on any atom is -0.447 e. The zero-order chi connectivity index (χ0) is 23.9. The van der Waals surface area contributed by atoms with Crippen molar-refractivity contribution in [3.05, 3.63) is 35.0 Å². The van der Waals surface area contributed by atoms with Crippen LogP contribution in [0.15, 0.2) is 17.2 Å². The molecule has 0 saturated carbocycles. The third-order valence-corrected chi connectivity index (χ3v) is 7.76. The maximum atomic E-state index is 12.7. The summed E-state index contributed by atoms with van der Waals surface area (Å²) in [4.78, 5) is 32.7. The number of fused-ring (bicyclic) bond motifs is 2. The second kappa shape index (κ2) is 8.94. The minimum absolute atomic E-state index is 0.0552. The van der Waals surface area contributed by atoms with Gasteiger partial charge in [0.1, 0.15) is 17.3 Å². The standard InChI is InChI=1S/C23H29N7O3S/c1-23(2,13-33-21(24)31)29-20-18-17(8-11-34(18)32)27-22(28-20)30-9-6-14(7-10-30)19-25-12-15-4-3-5-16(15)26-19/h6,12H,3-5,7-11,13H2,1-2H3,(H2,24,31)(H,27,28,29). The summed E-state index contributed by atoms with van der Waals surface area (Å²) in [6.45, 7) is 5.18. The largest absolute Gasteiger partial charge is 0.447 e. The molecule has 2 aromatic rings. The average molecular weight is 484 g/mol. The van der Waals surface area contributed by atoms with E-state index in [1.807, 2.05) is 20.0 Å². The van der Waals surface area contributed by atoms with Gasteiger partial charge in [-0.25, -0.2) is 19.7 Å². The highest BCUT2D eigenvalue weighted by molar-refractivity contribution is 7.85. The highest BCUT2D eigenvalue weighted by atomic mass is 32.2. The van der Waals surface area contributed by atoms with Crippen LogP contribution >= 0.6 is 0 Å². The second-order valence-corrected chi connectivity index (χ2v) is 11.0. The zero-order valence-electron chi connectivity index (χ0n) is 19.5. The molecule has 1 aliphatic carbocycles. The van der Waals surface area contributed by atoms with Crippen LogP contribution in [-0.4, -0.2) is 61.2 Å². The second-order valence-electron chi connectivity index (χ2n) is 9.51. The molecule has 3 aliphatic rings. The van der Waals surface area contributed by atoms with Gasteiger partial charge in [-0.05, 0) is 50.7 Å². The Morgan fingerprint density at radius 1 is 1.21 bits per heavy atom. The third-order valence-electron chi connectivity index (χ3n) is 6.30. The number of nitrogens with one attached hydrogen (secondary N) is 1. The van der Waals surface area contributed by atoms with Crippen molar-refractivity contribution in [2.75, 3.05) is 35.7 Å². The lowest BCUT2D eigenvalue weighted by Crippen LogP contribution is -2.39. The molecular formula is C23H29N7O3S. The molecule has 0 fully saturated rings. The molecule has 0 spiro atoms. The van der Waals surface area contributed by atoms with E-state index in [0.717, 1.165) is 49.3 Å². The molecule has 10 nitrogen and oxygen atoms in total. The fourth-order valence-corrected chi connectivity index (χ4v) is 5.85. The van der Waals surface area contributed by atoms with Crippen molar-refractivity contribution in [2.45, 2.75) is 56.4 Å². The van der Waals surface area contributed by atoms with Gasteiger partial charge in [0.15, 0.2) is 5.82 Å². The molecule has 0 saturated heterocycles. The SMILES string of the molecule is CC(C)(COC(N)=O)Nc1nc(N2CC=C(c3ncc4c(n3)CCC4)CC2)nc2c1S(=O)CC2. The number of anilines is 2. The van der Waals surface area contributed by atoms with Gasteiger partial charge in [0.25, 0.3) is 0 Å². The first-order valence-corrected chi connectivity index (χ1v) is 12.9. The molecule has 0 bridgehead atoms. The molecular weight excluding hydrogens is 454 g/mol. The fraction of sp³-hybridized carbons (Fsp3) is 0.522. The number of aromatic nitrogens is 4. The van der Waals surface area contributed by atoms with Crippen LogP contribution in [0.2, 0.25) is 0 Å². The summed E-state index contributed by atoms with van der Waals surface area (Å²) in [7, 11) is -1.17. The van der Waals surface area contributed by atoms with E-state index in [0.29, 0.717) is 35.4 Å². The van der Waals surface area contributed by atoms with Crippen LogP contribution in [-0.2, 0) is 34.8 Å². The van der Waals surface area contributed by atoms with Crippen LogP contribution in [0.1, 0.15) is 49.5 Å². The monoisotopic (exact) mass is 483 g/mol. The molecule has 180 valence electrons. The van der Waals surface area contributed by atoms with Gasteiger partial charge in [-0.1, -0.05) is 6.08 Å². The molecule has 2 aliphatic heterocycles. The van der Waals surface area contributed by atoms with Crippen molar-refractivity contribution in [1.29, 1.82) is 0 Å². The van der Waals surface area contributed by atoms with Gasteiger partial charge in [0.2, 0.25) is 5.95 Å². The van der Waals surface area contributed by atoms with Crippen LogP contribution < -0.4 is 16.0 Å². The van der Waals surface area contributed by atoms with Gasteiger partial charge < -0.3 is 20.7 Å². The summed E-state index contributed by atoms with van der Waals surface area (Å²) < 4.78 is 17.6. The molecule has 0 radical (unpaired) electrons. The van der Waals surface area contributed by atoms with E-state index in [1.165, 1.54) is 11.3 Å². The van der Waals surface area contributed by atoms with Crippen molar-refractivity contribution in [2.24, 2.45) is 5.73 Å².